The van der Waals surface area contributed by atoms with E-state index >= 15 is 0 Å². The van der Waals surface area contributed by atoms with E-state index in [9.17, 15) is 18.0 Å². The van der Waals surface area contributed by atoms with Crippen LogP contribution >= 0.6 is 11.3 Å². The van der Waals surface area contributed by atoms with Gasteiger partial charge in [-0.25, -0.2) is 13.2 Å². The monoisotopic (exact) mass is 473 g/mol. The molecule has 3 aromatic rings. The molecule has 0 aliphatic heterocycles. The molecule has 2 aromatic carbocycles. The summed E-state index contributed by atoms with van der Waals surface area (Å²) in [5, 5.41) is 4.33. The first-order valence-electron chi connectivity index (χ1n) is 9.62. The zero-order valence-electron chi connectivity index (χ0n) is 17.7. The van der Waals surface area contributed by atoms with Crippen LogP contribution in [-0.2, 0) is 19.6 Å². The summed E-state index contributed by atoms with van der Waals surface area (Å²) in [4.78, 5) is 27.1. The Morgan fingerprint density at radius 3 is 2.31 bits per heavy atom. The molecule has 0 unspecified atom stereocenters. The first kappa shape index (κ1) is 23.3. The largest absolute Gasteiger partial charge is 0.449 e. The van der Waals surface area contributed by atoms with E-state index in [1.165, 1.54) is 25.1 Å². The molecule has 1 aromatic heterocycles. The van der Waals surface area contributed by atoms with Gasteiger partial charge in [0.15, 0.2) is 6.10 Å². The van der Waals surface area contributed by atoms with E-state index in [1.54, 1.807) is 35.7 Å². The van der Waals surface area contributed by atoms with Crippen molar-refractivity contribution >= 4 is 50.3 Å². The summed E-state index contributed by atoms with van der Waals surface area (Å²) in [5.74, 6) is -1.33. The van der Waals surface area contributed by atoms with Gasteiger partial charge in [-0.2, -0.15) is 0 Å². The maximum absolute atomic E-state index is 12.7. The summed E-state index contributed by atoms with van der Waals surface area (Å²) in [6.45, 7) is 1.44. The molecule has 1 amide bonds. The Bertz CT molecular complexity index is 1190. The molecule has 2 N–H and O–H groups in total. The number of sulfonamides is 1. The van der Waals surface area contributed by atoms with Gasteiger partial charge in [0.25, 0.3) is 15.9 Å². The Morgan fingerprint density at radius 1 is 1.00 bits per heavy atom. The highest BCUT2D eigenvalue weighted by molar-refractivity contribution is 7.94. The van der Waals surface area contributed by atoms with Crippen LogP contribution in [0.1, 0.15) is 17.3 Å². The van der Waals surface area contributed by atoms with E-state index in [0.717, 1.165) is 17.0 Å². The number of thiophene rings is 1. The smallest absolute Gasteiger partial charge is 0.341 e. The molecule has 8 nitrogen and oxygen atoms in total. The van der Waals surface area contributed by atoms with Crippen LogP contribution in [0.25, 0.3) is 0 Å². The highest BCUT2D eigenvalue weighted by atomic mass is 32.2. The molecule has 0 aliphatic carbocycles. The average Bonchev–Trinajstić information content (AvgIpc) is 3.30. The zero-order valence-corrected chi connectivity index (χ0v) is 19.4. The third-order valence-corrected chi connectivity index (χ3v) is 7.22. The van der Waals surface area contributed by atoms with E-state index in [1.807, 2.05) is 31.1 Å². The molecule has 3 rings (SSSR count). The van der Waals surface area contributed by atoms with Crippen molar-refractivity contribution in [1.82, 2.24) is 0 Å². The van der Waals surface area contributed by atoms with Gasteiger partial charge in [0.2, 0.25) is 0 Å². The maximum Gasteiger partial charge on any atom is 0.341 e. The minimum Gasteiger partial charge on any atom is -0.449 e. The number of para-hydroxylation sites is 1. The summed E-state index contributed by atoms with van der Waals surface area (Å²) in [5.41, 5.74) is 1.61. The second-order valence-corrected chi connectivity index (χ2v) is 9.92. The highest BCUT2D eigenvalue weighted by Crippen LogP contribution is 2.24. The number of nitrogens with one attached hydrogen (secondary N) is 2. The molecule has 0 aliphatic rings. The number of esters is 1. The van der Waals surface area contributed by atoms with Crippen LogP contribution in [0.2, 0.25) is 0 Å². The summed E-state index contributed by atoms with van der Waals surface area (Å²) < 4.78 is 32.8. The molecular formula is C22H23N3O5S2. The van der Waals surface area contributed by atoms with E-state index in [2.05, 4.69) is 10.0 Å². The van der Waals surface area contributed by atoms with Crippen LogP contribution in [0.5, 0.6) is 0 Å². The average molecular weight is 474 g/mol. The molecule has 168 valence electrons. The van der Waals surface area contributed by atoms with Gasteiger partial charge in [0.05, 0.1) is 11.3 Å². The lowest BCUT2D eigenvalue weighted by atomic mass is 10.2. The normalized spacial score (nSPS) is 12.0. The predicted molar refractivity (Wildman–Crippen MR) is 126 cm³/mol. The second kappa shape index (κ2) is 9.84. The van der Waals surface area contributed by atoms with Crippen molar-refractivity contribution in [3.8, 4) is 0 Å². The van der Waals surface area contributed by atoms with Gasteiger partial charge in [-0.15, -0.1) is 11.3 Å². The van der Waals surface area contributed by atoms with Crippen LogP contribution in [0, 0.1) is 0 Å². The number of carbonyl (C=O) groups is 2. The predicted octanol–water partition coefficient (Wildman–Crippen LogP) is 3.80. The fourth-order valence-corrected chi connectivity index (χ4v) is 4.80. The fraction of sp³-hybridized carbons (Fsp3) is 0.182. The second-order valence-electron chi connectivity index (χ2n) is 7.06. The summed E-state index contributed by atoms with van der Waals surface area (Å²) in [6.07, 6.45) is -1.10. The molecule has 32 heavy (non-hydrogen) atoms. The summed E-state index contributed by atoms with van der Waals surface area (Å²) in [6, 6.07) is 16.3. The first-order chi connectivity index (χ1) is 15.2. The SMILES string of the molecule is C[C@@H](OC(=O)c1ccccc1NS(=O)(=O)c1cccs1)C(=O)Nc1ccc(N(C)C)cc1. The Kier molecular flexibility index (Phi) is 7.16. The van der Waals surface area contributed by atoms with Crippen LogP contribution in [0.4, 0.5) is 17.1 Å². The number of nitrogens with zero attached hydrogens (tertiary/aromatic N) is 1. The number of ether oxygens (including phenoxy) is 1. The number of hydrogen-bond acceptors (Lipinski definition) is 7. The third kappa shape index (κ3) is 5.65. The van der Waals surface area contributed by atoms with E-state index in [4.69, 9.17) is 4.74 Å². The van der Waals surface area contributed by atoms with Crippen molar-refractivity contribution in [3.05, 3.63) is 71.6 Å². The van der Waals surface area contributed by atoms with Crippen molar-refractivity contribution in [2.45, 2.75) is 17.2 Å². The number of anilines is 3. The molecule has 0 spiro atoms. The molecule has 0 fully saturated rings. The minimum atomic E-state index is -3.84. The Balaban J connectivity index is 1.68. The molecule has 1 heterocycles. The topological polar surface area (TPSA) is 105 Å². The van der Waals surface area contributed by atoms with Crippen LogP contribution in [-0.4, -0.2) is 40.5 Å². The van der Waals surface area contributed by atoms with E-state index in [0.29, 0.717) is 5.69 Å². The van der Waals surface area contributed by atoms with Crippen molar-refractivity contribution in [2.24, 2.45) is 0 Å². The molecule has 0 saturated carbocycles. The quantitative estimate of drug-likeness (QED) is 0.482. The lowest BCUT2D eigenvalue weighted by molar-refractivity contribution is -0.123. The van der Waals surface area contributed by atoms with Crippen molar-refractivity contribution in [3.63, 3.8) is 0 Å². The van der Waals surface area contributed by atoms with Gasteiger partial charge in [0, 0.05) is 25.5 Å². The van der Waals surface area contributed by atoms with Gasteiger partial charge in [-0.3, -0.25) is 9.52 Å². The summed E-state index contributed by atoms with van der Waals surface area (Å²) >= 11 is 1.06. The maximum atomic E-state index is 12.7. The molecule has 10 heteroatoms. The molecule has 0 saturated heterocycles. The van der Waals surface area contributed by atoms with Gasteiger partial charge in [-0.05, 0) is 54.8 Å². The lowest BCUT2D eigenvalue weighted by Crippen LogP contribution is -2.30. The van der Waals surface area contributed by atoms with Crippen molar-refractivity contribution < 1.29 is 22.7 Å². The molecule has 1 atom stereocenters. The Morgan fingerprint density at radius 2 is 1.69 bits per heavy atom. The van der Waals surface area contributed by atoms with Gasteiger partial charge in [-0.1, -0.05) is 18.2 Å². The van der Waals surface area contributed by atoms with E-state index < -0.39 is 28.0 Å². The third-order valence-electron chi connectivity index (χ3n) is 4.46. The van der Waals surface area contributed by atoms with Crippen molar-refractivity contribution in [2.75, 3.05) is 29.0 Å². The number of amides is 1. The number of benzene rings is 2. The van der Waals surface area contributed by atoms with Gasteiger partial charge < -0.3 is 15.0 Å². The van der Waals surface area contributed by atoms with E-state index in [-0.39, 0.29) is 15.5 Å². The Hall–Kier alpha value is -3.37. The summed E-state index contributed by atoms with van der Waals surface area (Å²) in [7, 11) is -0.0228. The number of hydrogen-bond donors (Lipinski definition) is 2. The van der Waals surface area contributed by atoms with Crippen LogP contribution < -0.4 is 14.9 Å². The molecule has 0 radical (unpaired) electrons. The Labute approximate surface area is 190 Å². The highest BCUT2D eigenvalue weighted by Gasteiger charge is 2.23. The van der Waals surface area contributed by atoms with Gasteiger partial charge in [0.1, 0.15) is 4.21 Å². The number of carbonyl (C=O) groups excluding carboxylic acids is 2. The van der Waals surface area contributed by atoms with Crippen LogP contribution in [0.15, 0.2) is 70.3 Å². The van der Waals surface area contributed by atoms with Gasteiger partial charge >= 0.3 is 5.97 Å². The fourth-order valence-electron chi connectivity index (χ4n) is 2.73. The minimum absolute atomic E-state index is 0.00242. The first-order valence-corrected chi connectivity index (χ1v) is 12.0. The van der Waals surface area contributed by atoms with Crippen LogP contribution in [0.3, 0.4) is 0 Å². The standard InChI is InChI=1S/C22H23N3O5S2/c1-15(21(26)23-16-10-12-17(13-11-16)25(2)3)30-22(27)18-7-4-5-8-19(18)24-32(28,29)20-9-6-14-31-20/h4-15,24H,1-3H3,(H,23,26)/t15-/m1/s1. The van der Waals surface area contributed by atoms with Crippen molar-refractivity contribution in [1.29, 1.82) is 0 Å². The molecule has 0 bridgehead atoms. The molecular weight excluding hydrogens is 450 g/mol. The zero-order chi connectivity index (χ0) is 23.3. The lowest BCUT2D eigenvalue weighted by Gasteiger charge is -2.16. The number of rotatable bonds is 8.